The van der Waals surface area contributed by atoms with Gasteiger partial charge in [-0.25, -0.2) is 0 Å². The summed E-state index contributed by atoms with van der Waals surface area (Å²) in [4.78, 5) is 11.1. The molecule has 20 heavy (non-hydrogen) atoms. The standard InChI is InChI=1S/C15H11F3O2/c1-20-14-5-3-2-4-13(14)12-7-6-11(15(16,17)18)8-10(12)9-19/h2-9H,1H3. The third-order valence-corrected chi connectivity index (χ3v) is 2.90. The van der Waals surface area contributed by atoms with Crippen LogP contribution in [0.3, 0.4) is 0 Å². The molecular weight excluding hydrogens is 269 g/mol. The fraction of sp³-hybridized carbons (Fsp3) is 0.133. The van der Waals surface area contributed by atoms with Crippen molar-refractivity contribution in [3.8, 4) is 16.9 Å². The molecular formula is C15H11F3O2. The number of carbonyl (C=O) groups is 1. The van der Waals surface area contributed by atoms with Gasteiger partial charge >= 0.3 is 6.18 Å². The Labute approximate surface area is 113 Å². The third kappa shape index (κ3) is 2.66. The van der Waals surface area contributed by atoms with Crippen molar-refractivity contribution >= 4 is 6.29 Å². The number of para-hydroxylation sites is 1. The number of ether oxygens (including phenoxy) is 1. The molecule has 0 amide bonds. The summed E-state index contributed by atoms with van der Waals surface area (Å²) in [5.74, 6) is 0.496. The van der Waals surface area contributed by atoms with Crippen LogP contribution in [0.1, 0.15) is 15.9 Å². The Balaban J connectivity index is 2.61. The summed E-state index contributed by atoms with van der Waals surface area (Å²) >= 11 is 0. The first-order chi connectivity index (χ1) is 9.47. The Morgan fingerprint density at radius 2 is 1.75 bits per heavy atom. The van der Waals surface area contributed by atoms with E-state index >= 15 is 0 Å². The minimum absolute atomic E-state index is 0.0238. The SMILES string of the molecule is COc1ccccc1-c1ccc(C(F)(F)F)cc1C=O. The molecule has 0 aromatic heterocycles. The average molecular weight is 280 g/mol. The topological polar surface area (TPSA) is 26.3 Å². The van der Waals surface area contributed by atoms with Gasteiger partial charge in [0.2, 0.25) is 0 Å². The summed E-state index contributed by atoms with van der Waals surface area (Å²) in [5.41, 5.74) is 0.110. The monoisotopic (exact) mass is 280 g/mol. The zero-order chi connectivity index (χ0) is 14.8. The fourth-order valence-corrected chi connectivity index (χ4v) is 1.95. The van der Waals surface area contributed by atoms with E-state index < -0.39 is 11.7 Å². The molecule has 0 aliphatic rings. The maximum Gasteiger partial charge on any atom is 0.416 e. The molecule has 104 valence electrons. The zero-order valence-electron chi connectivity index (χ0n) is 10.6. The summed E-state index contributed by atoms with van der Waals surface area (Å²) in [5, 5.41) is 0. The second kappa shape index (κ2) is 5.36. The Kier molecular flexibility index (Phi) is 3.79. The van der Waals surface area contributed by atoms with Crippen LogP contribution in [0.25, 0.3) is 11.1 Å². The molecule has 2 aromatic carbocycles. The number of halogens is 3. The molecule has 0 N–H and O–H groups in total. The second-order valence-corrected chi connectivity index (χ2v) is 4.12. The number of carbonyl (C=O) groups excluding carboxylic acids is 1. The predicted molar refractivity (Wildman–Crippen MR) is 68.8 cm³/mol. The lowest BCUT2D eigenvalue weighted by Crippen LogP contribution is -2.06. The first-order valence-electron chi connectivity index (χ1n) is 5.77. The number of benzene rings is 2. The van der Waals surface area contributed by atoms with E-state index in [1.807, 2.05) is 0 Å². The van der Waals surface area contributed by atoms with Gasteiger partial charge in [-0.15, -0.1) is 0 Å². The smallest absolute Gasteiger partial charge is 0.416 e. The van der Waals surface area contributed by atoms with Crippen LogP contribution in [0.15, 0.2) is 42.5 Å². The van der Waals surface area contributed by atoms with Crippen LogP contribution in [-0.2, 0) is 6.18 Å². The van der Waals surface area contributed by atoms with Crippen LogP contribution in [0, 0.1) is 0 Å². The van der Waals surface area contributed by atoms with Crippen molar-refractivity contribution in [3.63, 3.8) is 0 Å². The molecule has 0 spiro atoms. The maximum atomic E-state index is 12.6. The fourth-order valence-electron chi connectivity index (χ4n) is 1.95. The third-order valence-electron chi connectivity index (χ3n) is 2.90. The Hall–Kier alpha value is -2.30. The van der Waals surface area contributed by atoms with Crippen LogP contribution < -0.4 is 4.74 Å². The van der Waals surface area contributed by atoms with E-state index in [-0.39, 0.29) is 5.56 Å². The summed E-state index contributed by atoms with van der Waals surface area (Å²) < 4.78 is 43.1. The summed E-state index contributed by atoms with van der Waals surface area (Å²) in [6.45, 7) is 0. The van der Waals surface area contributed by atoms with Gasteiger partial charge in [0.25, 0.3) is 0 Å². The highest BCUT2D eigenvalue weighted by Crippen LogP contribution is 2.35. The normalized spacial score (nSPS) is 11.2. The summed E-state index contributed by atoms with van der Waals surface area (Å²) in [7, 11) is 1.46. The lowest BCUT2D eigenvalue weighted by atomic mass is 9.97. The summed E-state index contributed by atoms with van der Waals surface area (Å²) in [6, 6.07) is 9.92. The number of aldehydes is 1. The van der Waals surface area contributed by atoms with Crippen LogP contribution in [0.4, 0.5) is 13.2 Å². The van der Waals surface area contributed by atoms with Gasteiger partial charge in [0.1, 0.15) is 5.75 Å². The lowest BCUT2D eigenvalue weighted by molar-refractivity contribution is -0.137. The van der Waals surface area contributed by atoms with E-state index in [2.05, 4.69) is 0 Å². The van der Waals surface area contributed by atoms with Gasteiger partial charge < -0.3 is 4.74 Å². The zero-order valence-corrected chi connectivity index (χ0v) is 10.6. The molecule has 0 radical (unpaired) electrons. The van der Waals surface area contributed by atoms with Gasteiger partial charge in [-0.2, -0.15) is 13.2 Å². The van der Waals surface area contributed by atoms with E-state index in [0.717, 1.165) is 12.1 Å². The molecule has 0 saturated heterocycles. The van der Waals surface area contributed by atoms with Gasteiger partial charge in [-0.1, -0.05) is 24.3 Å². The van der Waals surface area contributed by atoms with Crippen LogP contribution in [-0.4, -0.2) is 13.4 Å². The number of methoxy groups -OCH3 is 1. The molecule has 0 aliphatic carbocycles. The Morgan fingerprint density at radius 3 is 2.35 bits per heavy atom. The van der Waals surface area contributed by atoms with E-state index in [0.29, 0.717) is 23.2 Å². The van der Waals surface area contributed by atoms with Crippen molar-refractivity contribution in [1.29, 1.82) is 0 Å². The molecule has 2 aromatic rings. The van der Waals surface area contributed by atoms with Crippen molar-refractivity contribution in [2.45, 2.75) is 6.18 Å². The highest BCUT2D eigenvalue weighted by atomic mass is 19.4. The van der Waals surface area contributed by atoms with Crippen molar-refractivity contribution in [2.75, 3.05) is 7.11 Å². The molecule has 0 aliphatic heterocycles. The summed E-state index contributed by atoms with van der Waals surface area (Å²) in [6.07, 6.45) is -4.06. The molecule has 2 nitrogen and oxygen atoms in total. The maximum absolute atomic E-state index is 12.6. The van der Waals surface area contributed by atoms with E-state index in [1.165, 1.54) is 13.2 Å². The van der Waals surface area contributed by atoms with Crippen LogP contribution >= 0.6 is 0 Å². The van der Waals surface area contributed by atoms with Gasteiger partial charge in [-0.05, 0) is 23.8 Å². The molecule has 0 bridgehead atoms. The van der Waals surface area contributed by atoms with E-state index in [1.54, 1.807) is 24.3 Å². The Morgan fingerprint density at radius 1 is 1.05 bits per heavy atom. The van der Waals surface area contributed by atoms with Gasteiger partial charge in [-0.3, -0.25) is 4.79 Å². The second-order valence-electron chi connectivity index (χ2n) is 4.12. The first kappa shape index (κ1) is 14.1. The number of hydrogen-bond donors (Lipinski definition) is 0. The predicted octanol–water partition coefficient (Wildman–Crippen LogP) is 4.19. The van der Waals surface area contributed by atoms with Crippen molar-refractivity contribution < 1.29 is 22.7 Å². The van der Waals surface area contributed by atoms with Crippen LogP contribution in [0.2, 0.25) is 0 Å². The van der Waals surface area contributed by atoms with Gasteiger partial charge in [0.05, 0.1) is 12.7 Å². The van der Waals surface area contributed by atoms with Crippen molar-refractivity contribution in [1.82, 2.24) is 0 Å². The minimum Gasteiger partial charge on any atom is -0.496 e. The van der Waals surface area contributed by atoms with Crippen molar-refractivity contribution in [2.24, 2.45) is 0 Å². The highest BCUT2D eigenvalue weighted by Gasteiger charge is 2.31. The molecule has 0 saturated carbocycles. The molecule has 0 atom stereocenters. The largest absolute Gasteiger partial charge is 0.496 e. The molecule has 0 heterocycles. The first-order valence-corrected chi connectivity index (χ1v) is 5.77. The molecule has 5 heteroatoms. The Bertz CT molecular complexity index is 633. The lowest BCUT2D eigenvalue weighted by Gasteiger charge is -2.13. The minimum atomic E-state index is -4.48. The van der Waals surface area contributed by atoms with Crippen LogP contribution in [0.5, 0.6) is 5.75 Å². The van der Waals surface area contributed by atoms with E-state index in [4.69, 9.17) is 4.74 Å². The molecule has 2 rings (SSSR count). The molecule has 0 unspecified atom stereocenters. The molecule has 0 fully saturated rings. The van der Waals surface area contributed by atoms with Gasteiger partial charge in [0, 0.05) is 11.1 Å². The van der Waals surface area contributed by atoms with Crippen molar-refractivity contribution in [3.05, 3.63) is 53.6 Å². The average Bonchev–Trinajstić information content (AvgIpc) is 2.45. The van der Waals surface area contributed by atoms with E-state index in [9.17, 15) is 18.0 Å². The number of hydrogen-bond acceptors (Lipinski definition) is 2. The quantitative estimate of drug-likeness (QED) is 0.788. The number of alkyl halides is 3. The number of rotatable bonds is 3. The highest BCUT2D eigenvalue weighted by molar-refractivity contribution is 5.89. The van der Waals surface area contributed by atoms with Gasteiger partial charge in [0.15, 0.2) is 6.29 Å².